The summed E-state index contributed by atoms with van der Waals surface area (Å²) in [5, 5.41) is 17.9. The van der Waals surface area contributed by atoms with Crippen LogP contribution in [0.3, 0.4) is 0 Å². The Morgan fingerprint density at radius 3 is 2.31 bits per heavy atom. The Hall–Kier alpha value is 0.482. The number of aromatic hydroxyl groups is 1. The molecule has 0 aliphatic rings. The van der Waals surface area contributed by atoms with Crippen molar-refractivity contribution in [1.29, 1.82) is 0 Å². The molecule has 0 aromatic heterocycles. The van der Waals surface area contributed by atoms with Gasteiger partial charge in [0.05, 0.1) is 3.57 Å². The van der Waals surface area contributed by atoms with Crippen LogP contribution in [0, 0.1) is 7.14 Å². The van der Waals surface area contributed by atoms with E-state index in [1.54, 1.807) is 6.07 Å². The minimum atomic E-state index is -1.11. The van der Waals surface area contributed by atoms with E-state index in [0.29, 0.717) is 3.57 Å². The van der Waals surface area contributed by atoms with Gasteiger partial charge in [0.25, 0.3) is 0 Å². The van der Waals surface area contributed by atoms with E-state index >= 15 is 0 Å². The zero-order valence-corrected chi connectivity index (χ0v) is 10.0. The molecular weight excluding hydrogens is 413 g/mol. The lowest BCUT2D eigenvalue weighted by Crippen LogP contribution is -1.98. The number of halogens is 2. The van der Waals surface area contributed by atoms with Gasteiger partial charge in [-0.25, -0.2) is 4.79 Å². The zero-order valence-electron chi connectivity index (χ0n) is 5.71. The number of carboxylic acids is 1. The van der Waals surface area contributed by atoms with Crippen LogP contribution in [0.1, 0.15) is 10.4 Å². The van der Waals surface area contributed by atoms with Crippen LogP contribution in [0.25, 0.3) is 0 Å². The molecule has 1 aromatic carbocycles. The molecule has 0 saturated carbocycles. The van der Waals surface area contributed by atoms with Crippen LogP contribution in [0.4, 0.5) is 0 Å². The molecule has 0 bridgehead atoms. The molecule has 0 atom stereocenters. The second-order valence-corrected chi connectivity index (χ2v) is 4.50. The van der Waals surface area contributed by atoms with Crippen molar-refractivity contribution < 1.29 is 15.0 Å². The molecule has 0 radical (unpaired) electrons. The third-order valence-electron chi connectivity index (χ3n) is 1.26. The zero-order chi connectivity index (χ0) is 9.30. The molecule has 2 N–H and O–H groups in total. The van der Waals surface area contributed by atoms with E-state index in [-0.39, 0.29) is 28.7 Å². The van der Waals surface area contributed by atoms with Crippen LogP contribution in [-0.2, 0) is 0 Å². The second kappa shape index (κ2) is 5.38. The molecule has 0 heterocycles. The smallest absolute Gasteiger partial charge is 0.339 e. The van der Waals surface area contributed by atoms with E-state index in [0.717, 1.165) is 3.57 Å². The third-order valence-corrected chi connectivity index (χ3v) is 2.70. The molecule has 0 spiro atoms. The highest BCUT2D eigenvalue weighted by Gasteiger charge is 2.12. The maximum absolute atomic E-state index is 10.6. The fraction of sp³-hybridized carbons (Fsp3) is 0. The summed E-state index contributed by atoms with van der Waals surface area (Å²) in [4.78, 5) is 10.6. The van der Waals surface area contributed by atoms with E-state index in [4.69, 9.17) is 5.11 Å². The lowest BCUT2D eigenvalue weighted by atomic mass is 10.2. The third kappa shape index (κ3) is 3.27. The first-order chi connectivity index (χ1) is 5.52. The molecule has 6 heteroatoms. The number of rotatable bonds is 1. The van der Waals surface area contributed by atoms with Gasteiger partial charge in [0.15, 0.2) is 17.4 Å². The summed E-state index contributed by atoms with van der Waals surface area (Å²) in [6, 6.07) is 3.14. The van der Waals surface area contributed by atoms with Gasteiger partial charge in [-0.05, 0) is 57.3 Å². The summed E-state index contributed by atoms with van der Waals surface area (Å²) >= 11 is 3.89. The van der Waals surface area contributed by atoms with Gasteiger partial charge in [0.1, 0.15) is 11.3 Å². The Bertz CT molecular complexity index is 341. The van der Waals surface area contributed by atoms with Gasteiger partial charge in [-0.1, -0.05) is 0 Å². The van der Waals surface area contributed by atoms with Gasteiger partial charge in [-0.3, -0.25) is 0 Å². The van der Waals surface area contributed by atoms with Gasteiger partial charge >= 0.3 is 5.97 Å². The van der Waals surface area contributed by atoms with Crippen LogP contribution >= 0.6 is 45.2 Å². The number of benzene rings is 1. The molecular formula is C7H7AlI2O3. The molecule has 0 unspecified atom stereocenters. The van der Waals surface area contributed by atoms with Gasteiger partial charge < -0.3 is 10.2 Å². The molecule has 0 saturated heterocycles. The van der Waals surface area contributed by atoms with Crippen molar-refractivity contribution in [2.45, 2.75) is 0 Å². The van der Waals surface area contributed by atoms with Crippen LogP contribution in [0.5, 0.6) is 5.75 Å². The Morgan fingerprint density at radius 2 is 1.85 bits per heavy atom. The summed E-state index contributed by atoms with van der Waals surface area (Å²) in [5.41, 5.74) is -0.0497. The predicted octanol–water partition coefficient (Wildman–Crippen LogP) is 1.12. The van der Waals surface area contributed by atoms with E-state index in [2.05, 4.69) is 0 Å². The molecule has 13 heavy (non-hydrogen) atoms. The average Bonchev–Trinajstić information content (AvgIpc) is 1.96. The number of hydrogen-bond acceptors (Lipinski definition) is 2. The first kappa shape index (κ1) is 13.5. The minimum absolute atomic E-state index is 0. The van der Waals surface area contributed by atoms with Crippen molar-refractivity contribution in [3.63, 3.8) is 0 Å². The topological polar surface area (TPSA) is 57.5 Å². The number of carbonyl (C=O) groups is 1. The Morgan fingerprint density at radius 1 is 1.31 bits per heavy atom. The van der Waals surface area contributed by atoms with Gasteiger partial charge in [-0.2, -0.15) is 0 Å². The highest BCUT2D eigenvalue weighted by molar-refractivity contribution is 14.1. The highest BCUT2D eigenvalue weighted by atomic mass is 127. The van der Waals surface area contributed by atoms with E-state index < -0.39 is 5.97 Å². The SMILES string of the molecule is O=C(O)c1cc(I)cc(I)c1O.[AlH3]. The highest BCUT2D eigenvalue weighted by Crippen LogP contribution is 2.26. The van der Waals surface area contributed by atoms with Gasteiger partial charge in [-0.15, -0.1) is 0 Å². The van der Waals surface area contributed by atoms with Crippen molar-refractivity contribution >= 4 is 68.5 Å². The fourth-order valence-corrected chi connectivity index (χ4v) is 2.57. The second-order valence-electron chi connectivity index (χ2n) is 2.09. The van der Waals surface area contributed by atoms with Crippen LogP contribution in [0.15, 0.2) is 12.1 Å². The van der Waals surface area contributed by atoms with Crippen LogP contribution < -0.4 is 0 Å². The Labute approximate surface area is 113 Å². The fourth-order valence-electron chi connectivity index (χ4n) is 0.729. The largest absolute Gasteiger partial charge is 0.506 e. The molecule has 0 fully saturated rings. The predicted molar refractivity (Wildman–Crippen MR) is 70.4 cm³/mol. The van der Waals surface area contributed by atoms with Crippen molar-refractivity contribution in [3.05, 3.63) is 24.8 Å². The van der Waals surface area contributed by atoms with E-state index in [9.17, 15) is 9.90 Å². The number of phenols is 1. The lowest BCUT2D eigenvalue weighted by Gasteiger charge is -2.02. The standard InChI is InChI=1S/C7H4I2O3.Al.3H/c8-3-1-4(7(11)12)6(10)5(9)2-3;;;;/h1-2,10H,(H,11,12);;;;. The summed E-state index contributed by atoms with van der Waals surface area (Å²) < 4.78 is 1.35. The monoisotopic (exact) mass is 420 g/mol. The summed E-state index contributed by atoms with van der Waals surface area (Å²) in [5.74, 6) is -1.27. The van der Waals surface area contributed by atoms with Gasteiger partial charge in [0, 0.05) is 3.57 Å². The average molecular weight is 420 g/mol. The molecule has 0 aliphatic heterocycles. The van der Waals surface area contributed by atoms with Crippen molar-refractivity contribution in [3.8, 4) is 5.75 Å². The minimum Gasteiger partial charge on any atom is -0.506 e. The van der Waals surface area contributed by atoms with Gasteiger partial charge in [0.2, 0.25) is 0 Å². The van der Waals surface area contributed by atoms with Crippen molar-refractivity contribution in [2.75, 3.05) is 0 Å². The number of aromatic carboxylic acids is 1. The Balaban J connectivity index is 0.00000144. The Kier molecular flexibility index (Phi) is 5.58. The van der Waals surface area contributed by atoms with Crippen LogP contribution in [0.2, 0.25) is 0 Å². The molecule has 1 rings (SSSR count). The molecule has 0 aliphatic carbocycles. The van der Waals surface area contributed by atoms with E-state index in [1.807, 2.05) is 45.2 Å². The molecule has 70 valence electrons. The summed E-state index contributed by atoms with van der Waals surface area (Å²) in [6.07, 6.45) is 0. The number of hydrogen-bond donors (Lipinski definition) is 2. The van der Waals surface area contributed by atoms with Crippen LogP contribution in [-0.4, -0.2) is 33.5 Å². The maximum atomic E-state index is 10.6. The maximum Gasteiger partial charge on any atom is 0.339 e. The quantitative estimate of drug-likeness (QED) is 0.529. The van der Waals surface area contributed by atoms with E-state index in [1.165, 1.54) is 6.07 Å². The first-order valence-electron chi connectivity index (χ1n) is 2.93. The summed E-state index contributed by atoms with van der Waals surface area (Å²) in [7, 11) is 0. The lowest BCUT2D eigenvalue weighted by molar-refractivity contribution is 0.0693. The molecule has 1 aromatic rings. The summed E-state index contributed by atoms with van der Waals surface area (Å²) in [6.45, 7) is 0. The first-order valence-corrected chi connectivity index (χ1v) is 5.09. The molecule has 3 nitrogen and oxygen atoms in total. The normalized spacial score (nSPS) is 9.08. The number of carboxylic acid groups (broad SMARTS) is 1. The molecule has 0 amide bonds. The van der Waals surface area contributed by atoms with Crippen molar-refractivity contribution in [1.82, 2.24) is 0 Å². The van der Waals surface area contributed by atoms with Crippen molar-refractivity contribution in [2.24, 2.45) is 0 Å².